The van der Waals surface area contributed by atoms with Gasteiger partial charge in [-0.3, -0.25) is 14.3 Å². The largest absolute Gasteiger partial charge is 0.488 e. The fraction of sp³-hybridized carbons (Fsp3) is 0.333. The van der Waals surface area contributed by atoms with Gasteiger partial charge in [0.25, 0.3) is 5.56 Å². The van der Waals surface area contributed by atoms with Crippen LogP contribution < -0.4 is 10.3 Å². The van der Waals surface area contributed by atoms with E-state index in [2.05, 4.69) is 49.1 Å². The van der Waals surface area contributed by atoms with E-state index in [1.807, 2.05) is 39.0 Å². The Bertz CT molecular complexity index is 1410. The molecule has 0 radical (unpaired) electrons. The molecule has 0 saturated heterocycles. The van der Waals surface area contributed by atoms with E-state index in [1.165, 1.54) is 4.88 Å². The fourth-order valence-corrected chi connectivity index (χ4v) is 4.43. The van der Waals surface area contributed by atoms with Crippen LogP contribution in [0.3, 0.4) is 0 Å². The van der Waals surface area contributed by atoms with Crippen LogP contribution in [0.25, 0.3) is 17.1 Å². The second kappa shape index (κ2) is 9.14. The maximum absolute atomic E-state index is 13.5. The van der Waals surface area contributed by atoms with E-state index >= 15 is 0 Å². The first-order chi connectivity index (χ1) is 16.0. The quantitative estimate of drug-likeness (QED) is 0.362. The Hall–Kier alpha value is -3.32. The molecule has 7 heteroatoms. The third kappa shape index (κ3) is 4.80. The molecule has 0 spiro atoms. The summed E-state index contributed by atoms with van der Waals surface area (Å²) < 4.78 is 7.75. The maximum atomic E-state index is 13.5. The van der Waals surface area contributed by atoms with Crippen molar-refractivity contribution in [2.45, 2.75) is 60.5 Å². The van der Waals surface area contributed by atoms with Gasteiger partial charge in [-0.1, -0.05) is 20.8 Å². The van der Waals surface area contributed by atoms with E-state index in [1.54, 1.807) is 28.3 Å². The van der Waals surface area contributed by atoms with Crippen molar-refractivity contribution in [2.24, 2.45) is 0 Å². The summed E-state index contributed by atoms with van der Waals surface area (Å²) in [5, 5.41) is 2.08. The molecule has 4 heterocycles. The Kier molecular flexibility index (Phi) is 6.41. The summed E-state index contributed by atoms with van der Waals surface area (Å²) in [4.78, 5) is 28.4. The molecule has 0 unspecified atom stereocenters. The number of aromatic nitrogens is 4. The summed E-state index contributed by atoms with van der Waals surface area (Å²) in [6.45, 7) is 14.4. The van der Waals surface area contributed by atoms with Crippen LogP contribution in [0.4, 0.5) is 0 Å². The van der Waals surface area contributed by atoms with Gasteiger partial charge >= 0.3 is 0 Å². The molecule has 0 aliphatic carbocycles. The van der Waals surface area contributed by atoms with Gasteiger partial charge < -0.3 is 4.74 Å². The average molecular weight is 475 g/mol. The molecular formula is C27H30N4O2S. The Morgan fingerprint density at radius 1 is 1.03 bits per heavy atom. The molecule has 0 atom stereocenters. The zero-order valence-electron chi connectivity index (χ0n) is 20.8. The van der Waals surface area contributed by atoms with E-state index in [-0.39, 0.29) is 11.0 Å². The number of hydrogen-bond donors (Lipinski definition) is 0. The molecule has 0 amide bonds. The lowest BCUT2D eigenvalue weighted by Crippen LogP contribution is -2.24. The molecule has 176 valence electrons. The molecule has 4 rings (SSSR count). The zero-order valence-corrected chi connectivity index (χ0v) is 21.6. The van der Waals surface area contributed by atoms with Gasteiger partial charge in [0.15, 0.2) is 0 Å². The zero-order chi connectivity index (χ0) is 24.6. The molecule has 34 heavy (non-hydrogen) atoms. The summed E-state index contributed by atoms with van der Waals surface area (Å²) in [5.41, 5.74) is 5.32. The van der Waals surface area contributed by atoms with E-state index in [4.69, 9.17) is 9.72 Å². The standard InChI is InChI=1S/C27H30N4O2S/c1-16-13-29-22(21-8-9-28-26(30-21)27(5,6)7)12-23(16)31-17(2)10-24(19(4)25(31)32)33-14-20-11-18(3)34-15-20/h8-13,15H,14H2,1-7H3. The SMILES string of the molecule is Cc1cc(COc2cc(C)n(-c3cc(-c4ccnc(C(C)(C)C)n4)ncc3C)c(=O)c2C)cs1. The van der Waals surface area contributed by atoms with E-state index < -0.39 is 0 Å². The van der Waals surface area contributed by atoms with E-state index in [0.29, 0.717) is 23.6 Å². The third-order valence-electron chi connectivity index (χ3n) is 5.67. The normalized spacial score (nSPS) is 11.6. The van der Waals surface area contributed by atoms with E-state index in [0.717, 1.165) is 34.0 Å². The lowest BCUT2D eigenvalue weighted by atomic mass is 9.95. The highest BCUT2D eigenvalue weighted by atomic mass is 32.1. The van der Waals surface area contributed by atoms with Crippen LogP contribution in [-0.4, -0.2) is 19.5 Å². The first-order valence-corrected chi connectivity index (χ1v) is 12.1. The van der Waals surface area contributed by atoms with E-state index in [9.17, 15) is 4.79 Å². The molecule has 0 aromatic carbocycles. The highest BCUT2D eigenvalue weighted by molar-refractivity contribution is 7.10. The van der Waals surface area contributed by atoms with Crippen molar-refractivity contribution in [1.82, 2.24) is 19.5 Å². The van der Waals surface area contributed by atoms with Crippen LogP contribution in [0.2, 0.25) is 0 Å². The van der Waals surface area contributed by atoms with Gasteiger partial charge in [0, 0.05) is 40.0 Å². The number of ether oxygens (including phenoxy) is 1. The van der Waals surface area contributed by atoms with Crippen molar-refractivity contribution in [3.63, 3.8) is 0 Å². The van der Waals surface area contributed by atoms with Crippen molar-refractivity contribution in [2.75, 3.05) is 0 Å². The third-order valence-corrected chi connectivity index (χ3v) is 6.58. The Balaban J connectivity index is 1.73. The summed E-state index contributed by atoms with van der Waals surface area (Å²) in [6, 6.07) is 7.80. The molecule has 6 nitrogen and oxygen atoms in total. The predicted molar refractivity (Wildman–Crippen MR) is 137 cm³/mol. The Labute approximate surface area is 204 Å². The van der Waals surface area contributed by atoms with Crippen molar-refractivity contribution < 1.29 is 4.74 Å². The van der Waals surface area contributed by atoms with Gasteiger partial charge in [0.1, 0.15) is 18.2 Å². The average Bonchev–Trinajstić information content (AvgIpc) is 3.21. The van der Waals surface area contributed by atoms with Gasteiger partial charge in [0.2, 0.25) is 0 Å². The summed E-state index contributed by atoms with van der Waals surface area (Å²) >= 11 is 1.69. The minimum absolute atomic E-state index is 0.102. The lowest BCUT2D eigenvalue weighted by molar-refractivity contribution is 0.303. The maximum Gasteiger partial charge on any atom is 0.261 e. The number of rotatable bonds is 5. The number of pyridine rings is 2. The highest BCUT2D eigenvalue weighted by Crippen LogP contribution is 2.26. The first kappa shape index (κ1) is 23.8. The van der Waals surface area contributed by atoms with Crippen LogP contribution >= 0.6 is 11.3 Å². The van der Waals surface area contributed by atoms with Crippen LogP contribution in [0.5, 0.6) is 5.75 Å². The number of nitrogens with zero attached hydrogens (tertiary/aromatic N) is 4. The number of thiophene rings is 1. The van der Waals surface area contributed by atoms with Gasteiger partial charge in [-0.25, -0.2) is 9.97 Å². The Morgan fingerprint density at radius 2 is 1.79 bits per heavy atom. The molecule has 4 aromatic rings. The summed E-state index contributed by atoms with van der Waals surface area (Å²) in [6.07, 6.45) is 3.54. The summed E-state index contributed by atoms with van der Waals surface area (Å²) in [5.74, 6) is 1.36. The first-order valence-electron chi connectivity index (χ1n) is 11.3. The molecule has 0 saturated carbocycles. The summed E-state index contributed by atoms with van der Waals surface area (Å²) in [7, 11) is 0. The Morgan fingerprint density at radius 3 is 2.47 bits per heavy atom. The molecule has 0 aliphatic rings. The van der Waals surface area contributed by atoms with Crippen molar-refractivity contribution in [3.8, 4) is 22.8 Å². The minimum Gasteiger partial charge on any atom is -0.488 e. The molecule has 0 bridgehead atoms. The lowest BCUT2D eigenvalue weighted by Gasteiger charge is -2.18. The molecule has 0 N–H and O–H groups in total. The molecular weight excluding hydrogens is 444 g/mol. The number of hydrogen-bond acceptors (Lipinski definition) is 6. The van der Waals surface area contributed by atoms with Gasteiger partial charge in [-0.2, -0.15) is 0 Å². The smallest absolute Gasteiger partial charge is 0.261 e. The van der Waals surface area contributed by atoms with Crippen molar-refractivity contribution in [3.05, 3.63) is 85.5 Å². The second-order valence-corrected chi connectivity index (χ2v) is 10.8. The van der Waals surface area contributed by atoms with Crippen LogP contribution in [0.15, 0.2) is 46.8 Å². The topological polar surface area (TPSA) is 69.9 Å². The molecule has 0 fully saturated rings. The van der Waals surface area contributed by atoms with Crippen LogP contribution in [-0.2, 0) is 12.0 Å². The minimum atomic E-state index is -0.175. The predicted octanol–water partition coefficient (Wildman–Crippen LogP) is 5.86. The second-order valence-electron chi connectivity index (χ2n) is 9.64. The van der Waals surface area contributed by atoms with Gasteiger partial charge in [0.05, 0.1) is 22.6 Å². The molecule has 4 aromatic heterocycles. The van der Waals surface area contributed by atoms with Crippen LogP contribution in [0, 0.1) is 27.7 Å². The van der Waals surface area contributed by atoms with Crippen molar-refractivity contribution in [1.29, 1.82) is 0 Å². The number of aryl methyl sites for hydroxylation is 3. The highest BCUT2D eigenvalue weighted by Gasteiger charge is 2.19. The van der Waals surface area contributed by atoms with Gasteiger partial charge in [-0.15, -0.1) is 11.3 Å². The van der Waals surface area contributed by atoms with Crippen molar-refractivity contribution >= 4 is 11.3 Å². The van der Waals surface area contributed by atoms with Gasteiger partial charge in [-0.05, 0) is 56.8 Å². The monoisotopic (exact) mass is 474 g/mol. The fourth-order valence-electron chi connectivity index (χ4n) is 3.74. The van der Waals surface area contributed by atoms with Crippen LogP contribution in [0.1, 0.15) is 53.9 Å². The molecule has 0 aliphatic heterocycles.